The van der Waals surface area contributed by atoms with Crippen LogP contribution in [0.3, 0.4) is 0 Å². The van der Waals surface area contributed by atoms with Crippen molar-refractivity contribution in [1.82, 2.24) is 4.98 Å². The molecule has 0 radical (unpaired) electrons. The zero-order valence-corrected chi connectivity index (χ0v) is 11.7. The molecule has 0 saturated carbocycles. The summed E-state index contributed by atoms with van der Waals surface area (Å²) in [6, 6.07) is 11.9. The van der Waals surface area contributed by atoms with Crippen LogP contribution in [0.4, 0.5) is 0 Å². The molecule has 0 aliphatic carbocycles. The number of pyridine rings is 1. The van der Waals surface area contributed by atoms with Gasteiger partial charge in [0, 0.05) is 17.6 Å². The molecule has 2 rings (SSSR count). The van der Waals surface area contributed by atoms with Crippen molar-refractivity contribution < 1.29 is 4.74 Å². The Kier molecular flexibility index (Phi) is 4.54. The Labute approximate surface area is 119 Å². The fourth-order valence-corrected chi connectivity index (χ4v) is 1.98. The first-order chi connectivity index (χ1) is 9.61. The largest absolute Gasteiger partial charge is 0.494 e. The lowest BCUT2D eigenvalue weighted by Crippen LogP contribution is -2.33. The number of hydrogen-bond acceptors (Lipinski definition) is 4. The van der Waals surface area contributed by atoms with Crippen molar-refractivity contribution in [2.45, 2.75) is 31.7 Å². The summed E-state index contributed by atoms with van der Waals surface area (Å²) < 4.78 is 5.70. The number of aromatic nitrogens is 1. The topological polar surface area (TPSA) is 71.9 Å². The van der Waals surface area contributed by atoms with Gasteiger partial charge in [-0.1, -0.05) is 6.07 Å². The molecule has 4 heteroatoms. The predicted molar refractivity (Wildman–Crippen MR) is 79.3 cm³/mol. The third kappa shape index (κ3) is 3.94. The monoisotopic (exact) mass is 269 g/mol. The van der Waals surface area contributed by atoms with Gasteiger partial charge in [-0.05, 0) is 44.4 Å². The minimum atomic E-state index is -0.729. The number of nitrogens with two attached hydrogens (primary N) is 1. The van der Waals surface area contributed by atoms with Crippen molar-refractivity contribution in [2.75, 3.05) is 6.61 Å². The normalized spacial score (nSPS) is 13.7. The summed E-state index contributed by atoms with van der Waals surface area (Å²) >= 11 is 0. The molecule has 1 atom stereocenters. The Hall–Kier alpha value is -2.12. The average molecular weight is 269 g/mol. The van der Waals surface area contributed by atoms with Crippen molar-refractivity contribution in [3.05, 3.63) is 36.5 Å². The number of nitrogens with zero attached hydrogens (tertiary/aromatic N) is 2. The Morgan fingerprint density at radius 2 is 2.20 bits per heavy atom. The molecule has 0 bridgehead atoms. The number of rotatable bonds is 6. The van der Waals surface area contributed by atoms with E-state index in [2.05, 4.69) is 11.1 Å². The molecule has 0 fully saturated rings. The number of unbranched alkanes of at least 4 members (excludes halogenated alkanes) is 1. The summed E-state index contributed by atoms with van der Waals surface area (Å²) in [7, 11) is 0. The maximum Gasteiger partial charge on any atom is 0.121 e. The molecule has 20 heavy (non-hydrogen) atoms. The van der Waals surface area contributed by atoms with Crippen LogP contribution < -0.4 is 10.5 Å². The zero-order chi connectivity index (χ0) is 14.4. The number of ether oxygens (including phenoxy) is 1. The van der Waals surface area contributed by atoms with E-state index < -0.39 is 5.54 Å². The van der Waals surface area contributed by atoms with Crippen molar-refractivity contribution >= 4 is 10.9 Å². The second-order valence-electron chi connectivity index (χ2n) is 5.19. The van der Waals surface area contributed by atoms with Crippen LogP contribution in [0, 0.1) is 11.3 Å². The summed E-state index contributed by atoms with van der Waals surface area (Å²) in [4.78, 5) is 4.30. The van der Waals surface area contributed by atoms with E-state index >= 15 is 0 Å². The molecule has 1 unspecified atom stereocenters. The van der Waals surface area contributed by atoms with Crippen LogP contribution in [0.2, 0.25) is 0 Å². The molecule has 0 amide bonds. The Balaban J connectivity index is 1.80. The van der Waals surface area contributed by atoms with Crippen molar-refractivity contribution in [2.24, 2.45) is 5.73 Å². The molecule has 0 spiro atoms. The number of nitriles is 1. The molecular formula is C16H19N3O. The lowest BCUT2D eigenvalue weighted by Gasteiger charge is -2.14. The van der Waals surface area contributed by atoms with Crippen LogP contribution in [0.25, 0.3) is 10.9 Å². The molecule has 2 N–H and O–H groups in total. The van der Waals surface area contributed by atoms with Gasteiger partial charge in [0.05, 0.1) is 18.2 Å². The predicted octanol–water partition coefficient (Wildman–Crippen LogP) is 3.02. The van der Waals surface area contributed by atoms with Crippen molar-refractivity contribution in [1.29, 1.82) is 5.26 Å². The third-order valence-corrected chi connectivity index (χ3v) is 3.19. The third-order valence-electron chi connectivity index (χ3n) is 3.19. The standard InChI is InChI=1S/C16H19N3O/c1-16(18,12-17)8-2-3-10-20-14-7-6-13-5-4-9-19-15(13)11-14/h4-7,9,11H,2-3,8,10,18H2,1H3. The Bertz CT molecular complexity index is 616. The zero-order valence-electron chi connectivity index (χ0n) is 11.7. The fraction of sp³-hybridized carbons (Fsp3) is 0.375. The highest BCUT2D eigenvalue weighted by atomic mass is 16.5. The van der Waals surface area contributed by atoms with Gasteiger partial charge in [0.1, 0.15) is 11.3 Å². The first kappa shape index (κ1) is 14.3. The Morgan fingerprint density at radius 1 is 1.35 bits per heavy atom. The van der Waals surface area contributed by atoms with E-state index in [0.717, 1.165) is 29.5 Å². The van der Waals surface area contributed by atoms with E-state index in [4.69, 9.17) is 15.7 Å². The van der Waals surface area contributed by atoms with Crippen LogP contribution in [0.5, 0.6) is 5.75 Å². The Morgan fingerprint density at radius 3 is 3.00 bits per heavy atom. The number of fused-ring (bicyclic) bond motifs is 1. The highest BCUT2D eigenvalue weighted by Crippen LogP contribution is 2.19. The molecule has 1 aromatic heterocycles. The second-order valence-corrected chi connectivity index (χ2v) is 5.19. The van der Waals surface area contributed by atoms with E-state index in [-0.39, 0.29) is 0 Å². The molecule has 104 valence electrons. The summed E-state index contributed by atoms with van der Waals surface area (Å²) in [6.45, 7) is 2.38. The molecular weight excluding hydrogens is 250 g/mol. The van der Waals surface area contributed by atoms with Crippen LogP contribution in [-0.2, 0) is 0 Å². The van der Waals surface area contributed by atoms with Crippen LogP contribution >= 0.6 is 0 Å². The van der Waals surface area contributed by atoms with E-state index in [9.17, 15) is 0 Å². The molecule has 1 heterocycles. The van der Waals surface area contributed by atoms with Crippen molar-refractivity contribution in [3.8, 4) is 11.8 Å². The number of benzene rings is 1. The van der Waals surface area contributed by atoms with Gasteiger partial charge in [0.25, 0.3) is 0 Å². The molecule has 0 aliphatic heterocycles. The SMILES string of the molecule is CC(N)(C#N)CCCCOc1ccc2cccnc2c1. The fourth-order valence-electron chi connectivity index (χ4n) is 1.98. The van der Waals surface area contributed by atoms with E-state index in [0.29, 0.717) is 13.0 Å². The molecule has 1 aromatic carbocycles. The van der Waals surface area contributed by atoms with Gasteiger partial charge < -0.3 is 10.5 Å². The maximum absolute atomic E-state index is 8.82. The lowest BCUT2D eigenvalue weighted by atomic mass is 9.98. The summed E-state index contributed by atoms with van der Waals surface area (Å²) in [5.41, 5.74) is 5.97. The van der Waals surface area contributed by atoms with Gasteiger partial charge in [-0.15, -0.1) is 0 Å². The maximum atomic E-state index is 8.82. The minimum absolute atomic E-state index is 0.625. The van der Waals surface area contributed by atoms with Gasteiger partial charge in [-0.3, -0.25) is 4.98 Å². The van der Waals surface area contributed by atoms with Crippen LogP contribution in [0.1, 0.15) is 26.2 Å². The first-order valence-corrected chi connectivity index (χ1v) is 6.78. The first-order valence-electron chi connectivity index (χ1n) is 6.78. The summed E-state index contributed by atoms with van der Waals surface area (Å²) in [6.07, 6.45) is 4.23. The number of hydrogen-bond donors (Lipinski definition) is 1. The molecule has 0 aliphatic rings. The molecule has 2 aromatic rings. The van der Waals surface area contributed by atoms with Gasteiger partial charge in [-0.2, -0.15) is 5.26 Å². The van der Waals surface area contributed by atoms with Gasteiger partial charge in [0.15, 0.2) is 0 Å². The van der Waals surface area contributed by atoms with E-state index in [1.807, 2.05) is 30.3 Å². The van der Waals surface area contributed by atoms with E-state index in [1.165, 1.54) is 0 Å². The smallest absolute Gasteiger partial charge is 0.121 e. The summed E-state index contributed by atoms with van der Waals surface area (Å²) in [5.74, 6) is 0.826. The van der Waals surface area contributed by atoms with Gasteiger partial charge in [0.2, 0.25) is 0 Å². The average Bonchev–Trinajstić information content (AvgIpc) is 2.46. The van der Waals surface area contributed by atoms with Crippen LogP contribution in [0.15, 0.2) is 36.5 Å². The summed E-state index contributed by atoms with van der Waals surface area (Å²) in [5, 5.41) is 9.92. The highest BCUT2D eigenvalue weighted by molar-refractivity contribution is 5.79. The van der Waals surface area contributed by atoms with E-state index in [1.54, 1.807) is 13.1 Å². The van der Waals surface area contributed by atoms with Crippen molar-refractivity contribution in [3.63, 3.8) is 0 Å². The van der Waals surface area contributed by atoms with Gasteiger partial charge >= 0.3 is 0 Å². The lowest BCUT2D eigenvalue weighted by molar-refractivity contribution is 0.301. The van der Waals surface area contributed by atoms with Gasteiger partial charge in [-0.25, -0.2) is 0 Å². The quantitative estimate of drug-likeness (QED) is 0.818. The minimum Gasteiger partial charge on any atom is -0.494 e. The molecule has 0 saturated heterocycles. The van der Waals surface area contributed by atoms with Crippen LogP contribution in [-0.4, -0.2) is 17.1 Å². The second kappa shape index (κ2) is 6.36. The highest BCUT2D eigenvalue weighted by Gasteiger charge is 2.15. The molecule has 4 nitrogen and oxygen atoms in total.